The monoisotopic (exact) mass is 459 g/mol. The summed E-state index contributed by atoms with van der Waals surface area (Å²) in [6.45, 7) is 8.09. The van der Waals surface area contributed by atoms with E-state index in [1.165, 1.54) is 0 Å². The first-order chi connectivity index (χ1) is 12.4. The maximum absolute atomic E-state index is 6.21. The van der Waals surface area contributed by atoms with Gasteiger partial charge in [-0.05, 0) is 69.1 Å². The fraction of sp³-hybridized carbons (Fsp3) is 0.400. The highest BCUT2D eigenvalue weighted by molar-refractivity contribution is 9.10. The zero-order valence-electron chi connectivity index (χ0n) is 15.2. The highest BCUT2D eigenvalue weighted by Crippen LogP contribution is 2.34. The van der Waals surface area contributed by atoms with Crippen molar-refractivity contribution in [2.45, 2.75) is 39.8 Å². The minimum absolute atomic E-state index is 0.0919. The lowest BCUT2D eigenvalue weighted by atomic mass is 10.1. The lowest BCUT2D eigenvalue weighted by Gasteiger charge is -2.17. The van der Waals surface area contributed by atoms with E-state index in [0.717, 1.165) is 40.1 Å². The van der Waals surface area contributed by atoms with E-state index in [4.69, 9.17) is 32.7 Å². The van der Waals surface area contributed by atoms with Crippen molar-refractivity contribution in [1.29, 1.82) is 0 Å². The lowest BCUT2D eigenvalue weighted by molar-refractivity contribution is 0.223. The second kappa shape index (κ2) is 10.4. The van der Waals surface area contributed by atoms with E-state index < -0.39 is 0 Å². The van der Waals surface area contributed by atoms with Crippen molar-refractivity contribution < 1.29 is 9.47 Å². The van der Waals surface area contributed by atoms with Crippen LogP contribution in [0.5, 0.6) is 11.5 Å². The van der Waals surface area contributed by atoms with E-state index in [2.05, 4.69) is 21.2 Å². The summed E-state index contributed by atoms with van der Waals surface area (Å²) in [4.78, 5) is 0. The van der Waals surface area contributed by atoms with Gasteiger partial charge in [0.05, 0.1) is 12.7 Å². The van der Waals surface area contributed by atoms with Crippen LogP contribution in [0.25, 0.3) is 0 Å². The molecule has 0 bridgehead atoms. The molecule has 2 aromatic rings. The molecule has 0 aliphatic rings. The maximum Gasteiger partial charge on any atom is 0.162 e. The first-order valence-electron chi connectivity index (χ1n) is 8.67. The van der Waals surface area contributed by atoms with Crippen molar-refractivity contribution in [1.82, 2.24) is 5.32 Å². The molecule has 26 heavy (non-hydrogen) atoms. The molecule has 0 aromatic heterocycles. The predicted octanol–water partition coefficient (Wildman–Crippen LogP) is 6.27. The third-order valence-electron chi connectivity index (χ3n) is 3.68. The van der Waals surface area contributed by atoms with Crippen LogP contribution < -0.4 is 14.8 Å². The molecule has 0 heterocycles. The quantitative estimate of drug-likeness (QED) is 0.447. The Bertz CT molecular complexity index is 738. The van der Waals surface area contributed by atoms with Gasteiger partial charge in [0.25, 0.3) is 0 Å². The van der Waals surface area contributed by atoms with Crippen LogP contribution in [-0.4, -0.2) is 19.3 Å². The van der Waals surface area contributed by atoms with E-state index in [1.54, 1.807) is 6.07 Å². The van der Waals surface area contributed by atoms with Crippen molar-refractivity contribution in [3.05, 3.63) is 56.0 Å². The summed E-state index contributed by atoms with van der Waals surface area (Å²) >= 11 is 15.8. The van der Waals surface area contributed by atoms with Gasteiger partial charge in [-0.25, -0.2) is 0 Å². The zero-order chi connectivity index (χ0) is 19.1. The zero-order valence-corrected chi connectivity index (χ0v) is 18.3. The van der Waals surface area contributed by atoms with Crippen molar-refractivity contribution >= 4 is 39.1 Å². The Morgan fingerprint density at radius 2 is 1.85 bits per heavy atom. The smallest absolute Gasteiger partial charge is 0.162 e. The summed E-state index contributed by atoms with van der Waals surface area (Å²) in [5.41, 5.74) is 2.20. The third-order valence-corrected chi connectivity index (χ3v) is 5.00. The molecule has 0 unspecified atom stereocenters. The first-order valence-corrected chi connectivity index (χ1v) is 10.2. The van der Waals surface area contributed by atoms with E-state index in [9.17, 15) is 0 Å². The van der Waals surface area contributed by atoms with Crippen LogP contribution in [0.1, 0.15) is 31.9 Å². The molecule has 142 valence electrons. The number of hydrogen-bond acceptors (Lipinski definition) is 3. The molecular weight excluding hydrogens is 437 g/mol. The lowest BCUT2D eigenvalue weighted by Crippen LogP contribution is -2.17. The number of hydrogen-bond donors (Lipinski definition) is 1. The molecule has 0 radical (unpaired) electrons. The normalized spacial score (nSPS) is 11.0. The molecule has 0 aliphatic carbocycles. The van der Waals surface area contributed by atoms with Crippen molar-refractivity contribution in [2.24, 2.45) is 0 Å². The van der Waals surface area contributed by atoms with E-state index in [0.29, 0.717) is 23.2 Å². The molecule has 0 saturated heterocycles. The number of benzene rings is 2. The van der Waals surface area contributed by atoms with Gasteiger partial charge in [-0.2, -0.15) is 0 Å². The number of ether oxygens (including phenoxy) is 2. The van der Waals surface area contributed by atoms with Gasteiger partial charge in [0, 0.05) is 21.1 Å². The van der Waals surface area contributed by atoms with Crippen molar-refractivity contribution in [3.63, 3.8) is 0 Å². The molecular formula is C20H24BrCl2NO2. The molecule has 0 amide bonds. The van der Waals surface area contributed by atoms with Gasteiger partial charge in [0.1, 0.15) is 0 Å². The Morgan fingerprint density at radius 3 is 2.50 bits per heavy atom. The number of nitrogens with one attached hydrogen (secondary N) is 1. The van der Waals surface area contributed by atoms with E-state index in [-0.39, 0.29) is 6.10 Å². The van der Waals surface area contributed by atoms with Gasteiger partial charge in [0.15, 0.2) is 11.5 Å². The number of halogens is 3. The average molecular weight is 461 g/mol. The van der Waals surface area contributed by atoms with Crippen LogP contribution >= 0.6 is 39.1 Å². The molecule has 2 rings (SSSR count). The van der Waals surface area contributed by atoms with Gasteiger partial charge in [-0.3, -0.25) is 0 Å². The molecule has 0 saturated carbocycles. The summed E-state index contributed by atoms with van der Waals surface area (Å²) in [5.74, 6) is 1.52. The molecule has 3 nitrogen and oxygen atoms in total. The van der Waals surface area contributed by atoms with Gasteiger partial charge in [-0.1, -0.05) is 45.2 Å². The Kier molecular flexibility index (Phi) is 8.55. The van der Waals surface area contributed by atoms with Crippen molar-refractivity contribution in [3.8, 4) is 11.5 Å². The molecule has 0 aliphatic heterocycles. The summed E-state index contributed by atoms with van der Waals surface area (Å²) in [6.07, 6.45) is 0.926. The largest absolute Gasteiger partial charge is 0.490 e. The molecule has 1 N–H and O–H groups in total. The second-order valence-electron chi connectivity index (χ2n) is 6.15. The van der Waals surface area contributed by atoms with Crippen LogP contribution in [0.3, 0.4) is 0 Å². The van der Waals surface area contributed by atoms with Crippen LogP contribution in [0.4, 0.5) is 0 Å². The Balaban J connectivity index is 1.98. The SMILES string of the molecule is CCOc1cc(CNCCc2ccc(Cl)cc2Cl)c(Br)cc1OC(C)C. The van der Waals surface area contributed by atoms with Crippen LogP contribution in [-0.2, 0) is 13.0 Å². The fourth-order valence-corrected chi connectivity index (χ4v) is 3.46. The third kappa shape index (κ3) is 6.34. The van der Waals surface area contributed by atoms with Gasteiger partial charge in [0.2, 0.25) is 0 Å². The minimum atomic E-state index is 0.0919. The fourth-order valence-electron chi connectivity index (χ4n) is 2.50. The molecule has 0 fully saturated rings. The standard InChI is InChI=1S/C20H24BrCl2NO2/c1-4-25-19-9-15(17(21)11-20(19)26-13(2)3)12-24-8-7-14-5-6-16(22)10-18(14)23/h5-6,9-11,13,24H,4,7-8,12H2,1-3H3. The number of rotatable bonds is 9. The Labute approximate surface area is 174 Å². The van der Waals surface area contributed by atoms with Gasteiger partial charge >= 0.3 is 0 Å². The van der Waals surface area contributed by atoms with E-state index in [1.807, 2.05) is 45.0 Å². The van der Waals surface area contributed by atoms with Crippen LogP contribution in [0.2, 0.25) is 10.0 Å². The average Bonchev–Trinajstić information content (AvgIpc) is 2.56. The topological polar surface area (TPSA) is 30.5 Å². The van der Waals surface area contributed by atoms with Crippen molar-refractivity contribution in [2.75, 3.05) is 13.2 Å². The Hall–Kier alpha value is -0.940. The minimum Gasteiger partial charge on any atom is -0.490 e. The van der Waals surface area contributed by atoms with Gasteiger partial charge in [-0.15, -0.1) is 0 Å². The Morgan fingerprint density at radius 1 is 1.08 bits per heavy atom. The van der Waals surface area contributed by atoms with Crippen LogP contribution in [0, 0.1) is 0 Å². The highest BCUT2D eigenvalue weighted by atomic mass is 79.9. The first kappa shape index (κ1) is 21.4. The predicted molar refractivity (Wildman–Crippen MR) is 113 cm³/mol. The van der Waals surface area contributed by atoms with Gasteiger partial charge < -0.3 is 14.8 Å². The molecule has 2 aromatic carbocycles. The summed E-state index contributed by atoms with van der Waals surface area (Å²) in [5, 5.41) is 4.80. The maximum atomic E-state index is 6.21. The molecule has 0 atom stereocenters. The summed E-state index contributed by atoms with van der Waals surface area (Å²) in [6, 6.07) is 9.59. The molecule has 0 spiro atoms. The molecule has 6 heteroatoms. The summed E-state index contributed by atoms with van der Waals surface area (Å²) < 4.78 is 12.6. The second-order valence-corrected chi connectivity index (χ2v) is 7.85. The van der Waals surface area contributed by atoms with E-state index >= 15 is 0 Å². The van der Waals surface area contributed by atoms with Crippen LogP contribution in [0.15, 0.2) is 34.8 Å². The summed E-state index contributed by atoms with van der Waals surface area (Å²) in [7, 11) is 0. The highest BCUT2D eigenvalue weighted by Gasteiger charge is 2.12.